The lowest BCUT2D eigenvalue weighted by molar-refractivity contribution is 0.0601. The molecule has 1 aromatic heterocycles. The van der Waals surface area contributed by atoms with Crippen molar-refractivity contribution in [2.75, 3.05) is 19.0 Å². The molecule has 3 aromatic rings. The summed E-state index contributed by atoms with van der Waals surface area (Å²) in [6.07, 6.45) is 0.662. The number of amides is 2. The minimum Gasteiger partial charge on any atom is -0.465 e. The number of thiophene rings is 1. The van der Waals surface area contributed by atoms with Crippen LogP contribution in [0.5, 0.6) is 0 Å². The monoisotopic (exact) mass is 440 g/mol. The van der Waals surface area contributed by atoms with Crippen LogP contribution in [0.3, 0.4) is 0 Å². The van der Waals surface area contributed by atoms with Crippen LogP contribution >= 0.6 is 11.3 Å². The van der Waals surface area contributed by atoms with Gasteiger partial charge in [0.1, 0.15) is 10.8 Å². The number of carbonyl (C=O) groups excluding carboxylic acids is 3. The van der Waals surface area contributed by atoms with E-state index in [0.29, 0.717) is 23.4 Å². The first-order chi connectivity index (χ1) is 14.9. The van der Waals surface area contributed by atoms with Crippen LogP contribution in [-0.4, -0.2) is 31.4 Å². The summed E-state index contributed by atoms with van der Waals surface area (Å²) in [5.41, 5.74) is 1.85. The summed E-state index contributed by atoms with van der Waals surface area (Å²) in [6, 6.07) is 14.7. The van der Waals surface area contributed by atoms with Crippen molar-refractivity contribution >= 4 is 34.1 Å². The number of anilines is 1. The molecule has 0 aliphatic carbocycles. The molecule has 0 atom stereocenters. The Labute approximate surface area is 183 Å². The van der Waals surface area contributed by atoms with E-state index in [1.165, 1.54) is 31.4 Å². The number of hydrogen-bond donors (Lipinski definition) is 2. The Balaban J connectivity index is 1.78. The first kappa shape index (κ1) is 22.2. The second-order valence-electron chi connectivity index (χ2n) is 6.70. The van der Waals surface area contributed by atoms with E-state index in [4.69, 9.17) is 4.74 Å². The highest BCUT2D eigenvalue weighted by Gasteiger charge is 2.26. The normalized spacial score (nSPS) is 10.4. The molecule has 0 aliphatic rings. The van der Waals surface area contributed by atoms with Crippen molar-refractivity contribution in [2.45, 2.75) is 13.3 Å². The minimum absolute atomic E-state index is 0.121. The number of nitrogens with one attached hydrogen (secondary N) is 2. The Kier molecular flexibility index (Phi) is 7.15. The molecule has 0 saturated heterocycles. The first-order valence-electron chi connectivity index (χ1n) is 9.51. The fourth-order valence-electron chi connectivity index (χ4n) is 2.99. The Morgan fingerprint density at radius 1 is 1.00 bits per heavy atom. The molecule has 31 heavy (non-hydrogen) atoms. The lowest BCUT2D eigenvalue weighted by Crippen LogP contribution is -2.25. The third-order valence-electron chi connectivity index (χ3n) is 4.62. The van der Waals surface area contributed by atoms with Gasteiger partial charge in [-0.3, -0.25) is 9.59 Å². The largest absolute Gasteiger partial charge is 0.465 e. The molecule has 0 spiro atoms. The van der Waals surface area contributed by atoms with Crippen LogP contribution in [0, 0.1) is 12.7 Å². The van der Waals surface area contributed by atoms with Gasteiger partial charge in [0.25, 0.3) is 11.8 Å². The molecule has 0 fully saturated rings. The fourth-order valence-corrected chi connectivity index (χ4v) is 4.09. The maximum Gasteiger partial charge on any atom is 0.341 e. The van der Waals surface area contributed by atoms with Crippen molar-refractivity contribution in [1.82, 2.24) is 5.32 Å². The number of rotatable bonds is 7. The molecule has 8 heteroatoms. The van der Waals surface area contributed by atoms with Gasteiger partial charge < -0.3 is 15.4 Å². The molecule has 0 saturated carbocycles. The summed E-state index contributed by atoms with van der Waals surface area (Å²) >= 11 is 0.991. The van der Waals surface area contributed by atoms with E-state index < -0.39 is 17.7 Å². The van der Waals surface area contributed by atoms with Gasteiger partial charge in [0.2, 0.25) is 0 Å². The van der Waals surface area contributed by atoms with Gasteiger partial charge in [0.05, 0.1) is 17.6 Å². The maximum atomic E-state index is 13.1. The highest BCUT2D eigenvalue weighted by atomic mass is 32.1. The van der Waals surface area contributed by atoms with E-state index in [1.54, 1.807) is 6.92 Å². The third kappa shape index (κ3) is 5.35. The highest BCUT2D eigenvalue weighted by Crippen LogP contribution is 2.34. The van der Waals surface area contributed by atoms with Crippen molar-refractivity contribution in [3.63, 3.8) is 0 Å². The van der Waals surface area contributed by atoms with Gasteiger partial charge in [0, 0.05) is 12.1 Å². The second-order valence-corrected chi connectivity index (χ2v) is 7.73. The van der Waals surface area contributed by atoms with E-state index in [9.17, 15) is 18.8 Å². The van der Waals surface area contributed by atoms with Crippen LogP contribution in [0.2, 0.25) is 0 Å². The van der Waals surface area contributed by atoms with Gasteiger partial charge in [-0.2, -0.15) is 0 Å². The molecule has 2 N–H and O–H groups in total. The molecule has 2 aromatic carbocycles. The van der Waals surface area contributed by atoms with Gasteiger partial charge in [-0.05, 0) is 48.7 Å². The predicted molar refractivity (Wildman–Crippen MR) is 117 cm³/mol. The summed E-state index contributed by atoms with van der Waals surface area (Å²) < 4.78 is 17.9. The molecular formula is C23H21FN2O4S. The van der Waals surface area contributed by atoms with Crippen molar-refractivity contribution < 1.29 is 23.5 Å². The van der Waals surface area contributed by atoms with Crippen molar-refractivity contribution in [3.05, 3.63) is 87.5 Å². The Morgan fingerprint density at radius 2 is 1.68 bits per heavy atom. The van der Waals surface area contributed by atoms with Crippen LogP contribution in [0.15, 0.2) is 54.6 Å². The Hall–Kier alpha value is -3.52. The van der Waals surface area contributed by atoms with Crippen molar-refractivity contribution in [1.29, 1.82) is 0 Å². The molecule has 0 aliphatic heterocycles. The molecule has 2 amide bonds. The number of halogens is 1. The number of carbonyl (C=O) groups is 3. The zero-order valence-electron chi connectivity index (χ0n) is 17.0. The van der Waals surface area contributed by atoms with Crippen LogP contribution < -0.4 is 10.6 Å². The van der Waals surface area contributed by atoms with Crippen molar-refractivity contribution in [2.24, 2.45) is 0 Å². The van der Waals surface area contributed by atoms with Gasteiger partial charge in [0.15, 0.2) is 0 Å². The van der Waals surface area contributed by atoms with Gasteiger partial charge >= 0.3 is 5.97 Å². The molecule has 160 valence electrons. The molecule has 0 bridgehead atoms. The first-order valence-corrected chi connectivity index (χ1v) is 10.3. The number of ether oxygens (including phenoxy) is 1. The Bertz CT molecular complexity index is 1090. The topological polar surface area (TPSA) is 84.5 Å². The van der Waals surface area contributed by atoms with E-state index in [-0.39, 0.29) is 22.0 Å². The standard InChI is InChI=1S/C23H21FN2O4S/c1-14-18(23(29)30-2)22(26-20(27)16-8-10-17(24)11-9-16)31-19(14)21(28)25-13-12-15-6-4-3-5-7-15/h3-11H,12-13H2,1-2H3,(H,25,28)(H,26,27). The summed E-state index contributed by atoms with van der Waals surface area (Å²) in [6.45, 7) is 2.05. The molecule has 1 heterocycles. The van der Waals surface area contributed by atoms with Crippen LogP contribution in [0.4, 0.5) is 9.39 Å². The fraction of sp³-hybridized carbons (Fsp3) is 0.174. The third-order valence-corrected chi connectivity index (χ3v) is 5.82. The number of methoxy groups -OCH3 is 1. The summed E-state index contributed by atoms with van der Waals surface area (Å²) in [5.74, 6) is -1.99. The smallest absolute Gasteiger partial charge is 0.341 e. The molecule has 3 rings (SSSR count). The van der Waals surface area contributed by atoms with E-state index >= 15 is 0 Å². The van der Waals surface area contributed by atoms with Crippen LogP contribution in [-0.2, 0) is 11.2 Å². The van der Waals surface area contributed by atoms with Crippen LogP contribution in [0.1, 0.15) is 41.5 Å². The second kappa shape index (κ2) is 9.99. The SMILES string of the molecule is COC(=O)c1c(NC(=O)c2ccc(F)cc2)sc(C(=O)NCCc2ccccc2)c1C. The van der Waals surface area contributed by atoms with Gasteiger partial charge in [-0.15, -0.1) is 11.3 Å². The van der Waals surface area contributed by atoms with Crippen molar-refractivity contribution in [3.8, 4) is 0 Å². The zero-order valence-corrected chi connectivity index (χ0v) is 17.8. The van der Waals surface area contributed by atoms with E-state index in [2.05, 4.69) is 10.6 Å². The lowest BCUT2D eigenvalue weighted by atomic mass is 10.1. The minimum atomic E-state index is -0.661. The summed E-state index contributed by atoms with van der Waals surface area (Å²) in [7, 11) is 1.23. The lowest BCUT2D eigenvalue weighted by Gasteiger charge is -2.06. The summed E-state index contributed by atoms with van der Waals surface area (Å²) in [5, 5.41) is 5.68. The van der Waals surface area contributed by atoms with Crippen LogP contribution in [0.25, 0.3) is 0 Å². The van der Waals surface area contributed by atoms with Gasteiger partial charge in [-0.1, -0.05) is 30.3 Å². The number of esters is 1. The average molecular weight is 440 g/mol. The van der Waals surface area contributed by atoms with E-state index in [0.717, 1.165) is 16.9 Å². The molecule has 0 radical (unpaired) electrons. The molecular weight excluding hydrogens is 419 g/mol. The van der Waals surface area contributed by atoms with Gasteiger partial charge in [-0.25, -0.2) is 9.18 Å². The highest BCUT2D eigenvalue weighted by molar-refractivity contribution is 7.18. The molecule has 6 nitrogen and oxygen atoms in total. The molecule has 0 unspecified atom stereocenters. The maximum absolute atomic E-state index is 13.1. The number of benzene rings is 2. The number of hydrogen-bond acceptors (Lipinski definition) is 5. The zero-order chi connectivity index (χ0) is 22.4. The predicted octanol–water partition coefficient (Wildman–Crippen LogP) is 4.21. The summed E-state index contributed by atoms with van der Waals surface area (Å²) in [4.78, 5) is 37.9. The quantitative estimate of drug-likeness (QED) is 0.539. The average Bonchev–Trinajstić information content (AvgIpc) is 3.10. The Morgan fingerprint density at radius 3 is 2.32 bits per heavy atom. The van der Waals surface area contributed by atoms with E-state index in [1.807, 2.05) is 30.3 Å².